The summed E-state index contributed by atoms with van der Waals surface area (Å²) in [7, 11) is -16.7. The van der Waals surface area contributed by atoms with Crippen LogP contribution in [0.2, 0.25) is 5.28 Å². The molecule has 182 valence electrons. The van der Waals surface area contributed by atoms with Gasteiger partial charge in [-0.3, -0.25) is 9.09 Å². The highest BCUT2D eigenvalue weighted by molar-refractivity contribution is 7.66. The molecule has 2 aromatic heterocycles. The van der Waals surface area contributed by atoms with Crippen LogP contribution in [-0.4, -0.2) is 62.0 Å². The molecule has 21 heteroatoms. The number of fused-ring (bicyclic) bond motifs is 2. The highest BCUT2D eigenvalue weighted by atomic mass is 35.5. The van der Waals surface area contributed by atoms with Gasteiger partial charge >= 0.3 is 23.5 Å². The summed E-state index contributed by atoms with van der Waals surface area (Å²) in [6.07, 6.45) is -0.199. The van der Waals surface area contributed by atoms with Crippen molar-refractivity contribution in [1.29, 1.82) is 0 Å². The Labute approximate surface area is 187 Å². The Morgan fingerprint density at radius 1 is 1.18 bits per heavy atom. The third kappa shape index (κ3) is 4.60. The molecule has 2 aliphatic rings. The van der Waals surface area contributed by atoms with Gasteiger partial charge in [0.15, 0.2) is 17.0 Å². The Kier molecular flexibility index (Phi) is 5.82. The molecule has 0 aromatic carbocycles. The zero-order valence-corrected chi connectivity index (χ0v) is 19.3. The number of imidazole rings is 1. The normalized spacial score (nSPS) is 28.5. The first-order valence-corrected chi connectivity index (χ1v) is 13.5. The number of aromatic nitrogens is 4. The maximum absolute atomic E-state index is 12.0. The van der Waals surface area contributed by atoms with E-state index in [-0.39, 0.29) is 34.4 Å². The van der Waals surface area contributed by atoms with Crippen LogP contribution < -0.4 is 5.73 Å². The lowest BCUT2D eigenvalue weighted by Gasteiger charge is -2.21. The van der Waals surface area contributed by atoms with E-state index < -0.39 is 53.3 Å². The number of hydrogen-bond donors (Lipinski definition) is 7. The second kappa shape index (κ2) is 7.78. The average Bonchev–Trinajstić information content (AvgIpc) is 3.13. The van der Waals surface area contributed by atoms with Crippen LogP contribution in [0.5, 0.6) is 0 Å². The van der Waals surface area contributed by atoms with E-state index in [0.29, 0.717) is 0 Å². The third-order valence-electron chi connectivity index (χ3n) is 5.08. The van der Waals surface area contributed by atoms with Crippen molar-refractivity contribution >= 4 is 57.7 Å². The van der Waals surface area contributed by atoms with Gasteiger partial charge in [-0.05, 0) is 18.0 Å². The maximum atomic E-state index is 12.0. The monoisotopic (exact) mass is 549 g/mol. The fraction of sp³-hybridized carbons (Fsp3) is 0.417. The Morgan fingerprint density at radius 2 is 1.85 bits per heavy atom. The summed E-state index contributed by atoms with van der Waals surface area (Å²) in [6, 6.07) is 0. The van der Waals surface area contributed by atoms with E-state index in [1.54, 1.807) is 0 Å². The fourth-order valence-electron chi connectivity index (χ4n) is 3.69. The smallest absolute Gasteiger partial charge is 0.490 e. The lowest BCUT2D eigenvalue weighted by molar-refractivity contribution is 0.0491. The minimum atomic E-state index is -5.70. The Hall–Kier alpha value is -1.45. The minimum absolute atomic E-state index is 0.0305. The maximum Gasteiger partial charge on any atom is 0.490 e. The van der Waals surface area contributed by atoms with Crippen LogP contribution in [0.25, 0.3) is 16.9 Å². The number of nitrogens with zero attached hydrogens (tertiary/aromatic N) is 4. The van der Waals surface area contributed by atoms with Gasteiger partial charge in [0, 0.05) is 11.3 Å². The molecular formula is C12H15ClN5O12P3. The van der Waals surface area contributed by atoms with Crippen molar-refractivity contribution in [2.45, 2.75) is 12.5 Å². The molecule has 0 aliphatic heterocycles. The van der Waals surface area contributed by atoms with Crippen molar-refractivity contribution in [2.75, 3.05) is 12.3 Å². The van der Waals surface area contributed by atoms with Gasteiger partial charge in [0.05, 0.1) is 12.3 Å². The van der Waals surface area contributed by atoms with E-state index in [4.69, 9.17) is 27.1 Å². The zero-order valence-electron chi connectivity index (χ0n) is 15.9. The summed E-state index contributed by atoms with van der Waals surface area (Å²) in [5.41, 5.74) is 4.84. The van der Waals surface area contributed by atoms with Crippen molar-refractivity contribution in [3.05, 3.63) is 17.4 Å². The van der Waals surface area contributed by atoms with Crippen LogP contribution in [0.1, 0.15) is 6.42 Å². The molecule has 3 unspecified atom stereocenters. The predicted molar refractivity (Wildman–Crippen MR) is 107 cm³/mol. The molecular weight excluding hydrogens is 535 g/mol. The van der Waals surface area contributed by atoms with Crippen molar-refractivity contribution in [3.63, 3.8) is 0 Å². The van der Waals surface area contributed by atoms with E-state index in [0.717, 1.165) is 0 Å². The number of allylic oxidation sites excluding steroid dienone is 1. The summed E-state index contributed by atoms with van der Waals surface area (Å²) < 4.78 is 47.4. The lowest BCUT2D eigenvalue weighted by Crippen LogP contribution is -2.26. The van der Waals surface area contributed by atoms with Crippen LogP contribution in [-0.2, 0) is 26.8 Å². The molecule has 0 radical (unpaired) electrons. The number of phosphoric acid groups is 3. The van der Waals surface area contributed by atoms with Crippen LogP contribution in [0, 0.1) is 11.3 Å². The van der Waals surface area contributed by atoms with Gasteiger partial charge in [0.1, 0.15) is 18.2 Å². The highest BCUT2D eigenvalue weighted by Crippen LogP contribution is 2.70. The number of aliphatic hydroxyl groups excluding tert-OH is 2. The molecule has 1 saturated carbocycles. The van der Waals surface area contributed by atoms with E-state index in [1.165, 1.54) is 10.9 Å². The number of nitrogen functional groups attached to an aromatic ring is 1. The first-order chi connectivity index (χ1) is 15.1. The van der Waals surface area contributed by atoms with Gasteiger partial charge in [0.25, 0.3) is 0 Å². The first-order valence-electron chi connectivity index (χ1n) is 8.61. The van der Waals surface area contributed by atoms with Crippen molar-refractivity contribution in [1.82, 2.24) is 19.5 Å². The van der Waals surface area contributed by atoms with Crippen LogP contribution in [0.3, 0.4) is 0 Å². The number of nitrogens with two attached hydrogens (primary N) is 1. The number of aliphatic hydroxyl groups is 2. The molecule has 1 fully saturated rings. The molecule has 33 heavy (non-hydrogen) atoms. The van der Waals surface area contributed by atoms with Gasteiger partial charge in [-0.1, -0.05) is 0 Å². The Bertz CT molecular complexity index is 1330. The second-order valence-electron chi connectivity index (χ2n) is 7.19. The highest BCUT2D eigenvalue weighted by Gasteiger charge is 2.68. The van der Waals surface area contributed by atoms with E-state index in [9.17, 15) is 33.7 Å². The van der Waals surface area contributed by atoms with Crippen LogP contribution >= 0.6 is 35.1 Å². The number of hydrogen-bond acceptors (Lipinski definition) is 12. The molecule has 2 aliphatic carbocycles. The van der Waals surface area contributed by atoms with Gasteiger partial charge < -0.3 is 35.5 Å². The topological polar surface area (TPSA) is 270 Å². The minimum Gasteiger partial charge on any atom is -0.508 e. The largest absolute Gasteiger partial charge is 0.508 e. The van der Waals surface area contributed by atoms with E-state index >= 15 is 0 Å². The molecule has 0 saturated heterocycles. The van der Waals surface area contributed by atoms with Gasteiger partial charge in [-0.15, -0.1) is 0 Å². The fourth-order valence-corrected chi connectivity index (χ4v) is 6.96. The zero-order chi connectivity index (χ0) is 24.6. The van der Waals surface area contributed by atoms with Gasteiger partial charge in [-0.2, -0.15) is 18.6 Å². The molecule has 2 heterocycles. The number of anilines is 1. The molecule has 4 rings (SSSR count). The number of rotatable bonds is 8. The summed E-state index contributed by atoms with van der Waals surface area (Å²) >= 11 is 5.83. The lowest BCUT2D eigenvalue weighted by atomic mass is 10.0. The second-order valence-corrected chi connectivity index (χ2v) is 12.0. The standard InChI is InChI=1S/C12H15ClN5O12P3/c13-11-16-9(14)5-10(17-11)18(3-15-5)6-4-1-12(4,8(20)7(6)19)2-28-32(24,25)30-33(26,27)29-31(21,22)23/h3-4,8,19-20H,1-2H2,(H,24,25)(H,26,27)(H2,14,16,17)(H2,21,22,23)/t4?,8-,12-/m0/s1. The number of phosphoric ester groups is 1. The summed E-state index contributed by atoms with van der Waals surface area (Å²) in [5, 5.41) is 20.8. The molecule has 2 aromatic rings. The molecule has 17 nitrogen and oxygen atoms in total. The summed E-state index contributed by atoms with van der Waals surface area (Å²) in [4.78, 5) is 47.8. The van der Waals surface area contributed by atoms with E-state index in [1.807, 2.05) is 0 Å². The molecule has 8 N–H and O–H groups in total. The van der Waals surface area contributed by atoms with Gasteiger partial charge in [-0.25, -0.2) is 18.7 Å². The van der Waals surface area contributed by atoms with Crippen LogP contribution in [0.15, 0.2) is 12.1 Å². The average molecular weight is 550 g/mol. The van der Waals surface area contributed by atoms with E-state index in [2.05, 4.69) is 28.1 Å². The van der Waals surface area contributed by atoms with Crippen molar-refractivity contribution in [3.8, 4) is 0 Å². The third-order valence-corrected chi connectivity index (χ3v) is 9.03. The molecule has 0 amide bonds. The Balaban J connectivity index is 1.54. The summed E-state index contributed by atoms with van der Waals surface area (Å²) in [5.74, 6) is -1.20. The molecule has 0 spiro atoms. The molecule has 5 atom stereocenters. The number of halogens is 1. The van der Waals surface area contributed by atoms with Crippen LogP contribution in [0.4, 0.5) is 5.82 Å². The quantitative estimate of drug-likeness (QED) is 0.174. The van der Waals surface area contributed by atoms with Crippen molar-refractivity contribution < 1.29 is 56.6 Å². The Morgan fingerprint density at radius 3 is 2.48 bits per heavy atom. The molecule has 0 bridgehead atoms. The van der Waals surface area contributed by atoms with Gasteiger partial charge in [0.2, 0.25) is 5.28 Å². The predicted octanol–water partition coefficient (Wildman–Crippen LogP) is 0.513. The SMILES string of the molecule is Nc1nc(Cl)nc2c1ncn2C1=C(O)[C@H](O)[C@]2(COP(=O)(O)OP(=O)(O)OP(=O)(O)O)CC12. The van der Waals surface area contributed by atoms with Crippen molar-refractivity contribution in [2.24, 2.45) is 11.3 Å². The first kappa shape index (κ1) is 24.7. The summed E-state index contributed by atoms with van der Waals surface area (Å²) in [6.45, 7) is -0.763.